The monoisotopic (exact) mass is 505 g/mol. The SMILES string of the molecule is Cc1c(NC(=O)OCC(Oc2cccc3sc(C(=N)N)cc23)c2ccccc2)c(C(C)(C)C)nn1C. The molecule has 0 aliphatic carbocycles. The van der Waals surface area contributed by atoms with Crippen molar-refractivity contribution in [3.8, 4) is 5.75 Å². The average Bonchev–Trinajstić information content (AvgIpc) is 3.40. The van der Waals surface area contributed by atoms with Gasteiger partial charge in [-0.25, -0.2) is 4.79 Å². The number of nitrogens with two attached hydrogens (primary N) is 1. The molecule has 0 fully saturated rings. The molecule has 1 atom stereocenters. The minimum absolute atomic E-state index is 0.0000971. The fourth-order valence-electron chi connectivity index (χ4n) is 3.86. The Balaban J connectivity index is 1.56. The van der Waals surface area contributed by atoms with Crippen LogP contribution in [0, 0.1) is 12.3 Å². The average molecular weight is 506 g/mol. The van der Waals surface area contributed by atoms with Gasteiger partial charge in [0, 0.05) is 22.5 Å². The van der Waals surface area contributed by atoms with E-state index in [1.807, 2.05) is 89.3 Å². The van der Waals surface area contributed by atoms with Gasteiger partial charge in [-0.05, 0) is 30.7 Å². The van der Waals surface area contributed by atoms with Crippen LogP contribution < -0.4 is 15.8 Å². The van der Waals surface area contributed by atoms with Crippen LogP contribution in [0.1, 0.15) is 48.7 Å². The third-order valence-corrected chi connectivity index (χ3v) is 7.00. The first-order valence-electron chi connectivity index (χ1n) is 11.6. The highest BCUT2D eigenvalue weighted by atomic mass is 32.1. The van der Waals surface area contributed by atoms with Gasteiger partial charge in [-0.2, -0.15) is 5.10 Å². The molecule has 1 amide bonds. The Morgan fingerprint density at radius 3 is 2.58 bits per heavy atom. The molecule has 0 aliphatic rings. The van der Waals surface area contributed by atoms with Gasteiger partial charge in [-0.15, -0.1) is 11.3 Å². The maximum absolute atomic E-state index is 12.9. The summed E-state index contributed by atoms with van der Waals surface area (Å²) < 4.78 is 14.8. The van der Waals surface area contributed by atoms with Crippen molar-refractivity contribution in [2.75, 3.05) is 11.9 Å². The summed E-state index contributed by atoms with van der Waals surface area (Å²) in [4.78, 5) is 13.5. The standard InChI is InChI=1S/C27H31N5O3S/c1-16-23(24(27(2,3)4)31-32(16)5)30-26(33)34-15-20(17-10-7-6-8-11-17)35-19-12-9-13-21-18(19)14-22(36-21)25(28)29/h6-14,20H,15H2,1-5H3,(H3,28,29)(H,30,33). The minimum Gasteiger partial charge on any atom is -0.481 e. The van der Waals surface area contributed by atoms with Gasteiger partial charge in [0.15, 0.2) is 6.10 Å². The second kappa shape index (κ2) is 10.0. The van der Waals surface area contributed by atoms with Gasteiger partial charge in [0.2, 0.25) is 0 Å². The number of ether oxygens (including phenoxy) is 2. The molecule has 0 saturated heterocycles. The Morgan fingerprint density at radius 1 is 1.19 bits per heavy atom. The molecule has 2 heterocycles. The van der Waals surface area contributed by atoms with Crippen molar-refractivity contribution in [2.24, 2.45) is 12.8 Å². The summed E-state index contributed by atoms with van der Waals surface area (Å²) in [6.07, 6.45) is -1.12. The van der Waals surface area contributed by atoms with E-state index in [0.717, 1.165) is 27.0 Å². The van der Waals surface area contributed by atoms with Crippen LogP contribution in [0.4, 0.5) is 10.5 Å². The molecule has 4 aromatic rings. The Labute approximate surface area is 214 Å². The van der Waals surface area contributed by atoms with Crippen LogP contribution in [-0.4, -0.2) is 28.3 Å². The van der Waals surface area contributed by atoms with Crippen LogP contribution in [0.15, 0.2) is 54.6 Å². The van der Waals surface area contributed by atoms with Crippen LogP contribution in [0.3, 0.4) is 0 Å². The number of benzene rings is 2. The summed E-state index contributed by atoms with van der Waals surface area (Å²) in [5.41, 5.74) is 8.62. The number of rotatable bonds is 7. The van der Waals surface area contributed by atoms with E-state index < -0.39 is 12.2 Å². The lowest BCUT2D eigenvalue weighted by Crippen LogP contribution is -2.23. The second-order valence-electron chi connectivity index (χ2n) is 9.62. The number of aromatic nitrogens is 2. The Hall–Kier alpha value is -3.85. The number of thiophene rings is 1. The first kappa shape index (κ1) is 25.2. The van der Waals surface area contributed by atoms with Gasteiger partial charge in [0.05, 0.1) is 22.0 Å². The first-order chi connectivity index (χ1) is 17.0. The summed E-state index contributed by atoms with van der Waals surface area (Å²) in [5.74, 6) is 0.648. The second-order valence-corrected chi connectivity index (χ2v) is 10.7. The summed E-state index contributed by atoms with van der Waals surface area (Å²) in [5, 5.41) is 16.1. The molecular weight excluding hydrogens is 474 g/mol. The van der Waals surface area contributed by atoms with Gasteiger partial charge < -0.3 is 15.2 Å². The Morgan fingerprint density at radius 2 is 1.92 bits per heavy atom. The number of carbonyl (C=O) groups is 1. The van der Waals surface area contributed by atoms with Gasteiger partial charge in [-0.1, -0.05) is 57.2 Å². The molecule has 1 unspecified atom stereocenters. The van der Waals surface area contributed by atoms with Crippen molar-refractivity contribution in [1.82, 2.24) is 9.78 Å². The first-order valence-corrected chi connectivity index (χ1v) is 12.4. The molecule has 0 aliphatic heterocycles. The zero-order valence-corrected chi connectivity index (χ0v) is 21.9. The van der Waals surface area contributed by atoms with E-state index in [9.17, 15) is 4.79 Å². The fraction of sp³-hybridized carbons (Fsp3) is 0.296. The topological polar surface area (TPSA) is 115 Å². The van der Waals surface area contributed by atoms with Crippen LogP contribution in [0.25, 0.3) is 10.1 Å². The molecule has 36 heavy (non-hydrogen) atoms. The lowest BCUT2D eigenvalue weighted by Gasteiger charge is -2.21. The van der Waals surface area contributed by atoms with E-state index in [0.29, 0.717) is 16.3 Å². The summed E-state index contributed by atoms with van der Waals surface area (Å²) in [6.45, 7) is 8.05. The molecule has 0 saturated carbocycles. The molecule has 4 N–H and O–H groups in total. The lowest BCUT2D eigenvalue weighted by atomic mass is 9.91. The van der Waals surface area contributed by atoms with Crippen molar-refractivity contribution in [2.45, 2.75) is 39.2 Å². The predicted molar refractivity (Wildman–Crippen MR) is 144 cm³/mol. The maximum atomic E-state index is 12.9. The number of aryl methyl sites for hydroxylation is 1. The highest BCUT2D eigenvalue weighted by molar-refractivity contribution is 7.20. The van der Waals surface area contributed by atoms with Crippen molar-refractivity contribution >= 4 is 39.0 Å². The van der Waals surface area contributed by atoms with Crippen molar-refractivity contribution in [1.29, 1.82) is 5.41 Å². The maximum Gasteiger partial charge on any atom is 0.411 e. The third-order valence-electron chi connectivity index (χ3n) is 5.86. The number of anilines is 1. The largest absolute Gasteiger partial charge is 0.481 e. The molecule has 188 valence electrons. The number of amidine groups is 1. The van der Waals surface area contributed by atoms with E-state index >= 15 is 0 Å². The van der Waals surface area contributed by atoms with Crippen LogP contribution in [0.2, 0.25) is 0 Å². The molecule has 4 rings (SSSR count). The molecule has 2 aromatic heterocycles. The minimum atomic E-state index is -0.575. The fourth-order valence-corrected chi connectivity index (χ4v) is 4.80. The van der Waals surface area contributed by atoms with Crippen LogP contribution >= 0.6 is 11.3 Å². The summed E-state index contributed by atoms with van der Waals surface area (Å²) in [7, 11) is 1.85. The Bertz CT molecular complexity index is 1400. The predicted octanol–water partition coefficient (Wildman–Crippen LogP) is 5.89. The van der Waals surface area contributed by atoms with E-state index in [-0.39, 0.29) is 17.9 Å². The van der Waals surface area contributed by atoms with E-state index in [1.165, 1.54) is 11.3 Å². The van der Waals surface area contributed by atoms with E-state index in [4.69, 9.17) is 20.6 Å². The zero-order valence-electron chi connectivity index (χ0n) is 21.1. The van der Waals surface area contributed by atoms with Gasteiger partial charge >= 0.3 is 6.09 Å². The van der Waals surface area contributed by atoms with Gasteiger partial charge in [-0.3, -0.25) is 15.4 Å². The van der Waals surface area contributed by atoms with Crippen molar-refractivity contribution in [3.63, 3.8) is 0 Å². The number of hydrogen-bond donors (Lipinski definition) is 3. The summed E-state index contributed by atoms with van der Waals surface area (Å²) >= 11 is 1.44. The molecule has 0 bridgehead atoms. The lowest BCUT2D eigenvalue weighted by molar-refractivity contribution is 0.0909. The van der Waals surface area contributed by atoms with Crippen LogP contribution in [-0.2, 0) is 17.2 Å². The Kier molecular flexibility index (Phi) is 7.03. The van der Waals surface area contributed by atoms with Gasteiger partial charge in [0.1, 0.15) is 18.2 Å². The van der Waals surface area contributed by atoms with Crippen LogP contribution in [0.5, 0.6) is 5.75 Å². The van der Waals surface area contributed by atoms with E-state index in [1.54, 1.807) is 4.68 Å². The zero-order chi connectivity index (χ0) is 26.0. The van der Waals surface area contributed by atoms with E-state index in [2.05, 4.69) is 10.4 Å². The van der Waals surface area contributed by atoms with Gasteiger partial charge in [0.25, 0.3) is 0 Å². The number of nitrogens with one attached hydrogen (secondary N) is 2. The van der Waals surface area contributed by atoms with Crippen molar-refractivity contribution < 1.29 is 14.3 Å². The molecule has 8 nitrogen and oxygen atoms in total. The molecule has 0 radical (unpaired) electrons. The summed E-state index contributed by atoms with van der Waals surface area (Å²) in [6, 6.07) is 17.2. The number of amides is 1. The number of hydrogen-bond acceptors (Lipinski definition) is 6. The number of nitrogen functional groups attached to an aromatic ring is 1. The molecule has 0 spiro atoms. The third kappa shape index (κ3) is 5.36. The molecule has 9 heteroatoms. The highest BCUT2D eigenvalue weighted by Gasteiger charge is 2.26. The smallest absolute Gasteiger partial charge is 0.411 e. The number of nitrogens with zero attached hydrogens (tertiary/aromatic N) is 2. The number of carbonyl (C=O) groups excluding carboxylic acids is 1. The highest BCUT2D eigenvalue weighted by Crippen LogP contribution is 2.35. The normalized spacial score (nSPS) is 12.4. The number of fused-ring (bicyclic) bond motifs is 1. The quantitative estimate of drug-likeness (QED) is 0.214. The van der Waals surface area contributed by atoms with Crippen molar-refractivity contribution in [3.05, 3.63) is 76.4 Å². The molecule has 2 aromatic carbocycles. The molecular formula is C27H31N5O3S.